The highest BCUT2D eigenvalue weighted by Crippen LogP contribution is 2.22. The summed E-state index contributed by atoms with van der Waals surface area (Å²) in [5, 5.41) is 0.280. The van der Waals surface area contributed by atoms with Crippen LogP contribution in [-0.2, 0) is 0 Å². The van der Waals surface area contributed by atoms with Crippen molar-refractivity contribution in [3.05, 3.63) is 45.8 Å². The fraction of sp³-hybridized carbons (Fsp3) is 0.167. The van der Waals surface area contributed by atoms with Gasteiger partial charge in [-0.15, -0.1) is 0 Å². The smallest absolute Gasteiger partial charge is 0.422 e. The molecule has 0 aliphatic carbocycles. The molecule has 0 bridgehead atoms. The Morgan fingerprint density at radius 2 is 1.89 bits per heavy atom. The highest BCUT2D eigenvalue weighted by Gasteiger charge is 2.41. The predicted molar refractivity (Wildman–Crippen MR) is 57.6 cm³/mol. The van der Waals surface area contributed by atoms with Gasteiger partial charge in [-0.05, 0) is 25.1 Å². The minimum atomic E-state index is -5.09. The molecule has 0 saturated heterocycles. The summed E-state index contributed by atoms with van der Waals surface area (Å²) in [6, 6.07) is 5.56. The van der Waals surface area contributed by atoms with E-state index in [2.05, 4.69) is 4.42 Å². The molecule has 0 radical (unpaired) electrons. The van der Waals surface area contributed by atoms with Crippen molar-refractivity contribution in [3.8, 4) is 0 Å². The van der Waals surface area contributed by atoms with Gasteiger partial charge in [-0.3, -0.25) is 4.79 Å². The highest BCUT2D eigenvalue weighted by molar-refractivity contribution is 6.01. The Labute approximate surface area is 98.8 Å². The number of fused-ring (bicyclic) bond motifs is 1. The molecule has 0 fully saturated rings. The molecule has 0 atom stereocenters. The van der Waals surface area contributed by atoms with E-state index in [0.29, 0.717) is 0 Å². The largest absolute Gasteiger partial charge is 0.455 e. The van der Waals surface area contributed by atoms with Gasteiger partial charge in [0.05, 0.1) is 0 Å². The monoisotopic (exact) mass is 256 g/mol. The molecule has 0 amide bonds. The van der Waals surface area contributed by atoms with Gasteiger partial charge in [0, 0.05) is 5.39 Å². The van der Waals surface area contributed by atoms with Crippen LogP contribution in [0.15, 0.2) is 33.5 Å². The summed E-state index contributed by atoms with van der Waals surface area (Å²) in [6.07, 6.45) is -5.09. The first-order chi connectivity index (χ1) is 8.29. The molecule has 0 spiro atoms. The van der Waals surface area contributed by atoms with Crippen molar-refractivity contribution in [3.63, 3.8) is 0 Å². The van der Waals surface area contributed by atoms with Crippen molar-refractivity contribution >= 4 is 16.8 Å². The predicted octanol–water partition coefficient (Wildman–Crippen LogP) is 2.85. The van der Waals surface area contributed by atoms with Crippen LogP contribution in [0.25, 0.3) is 11.0 Å². The lowest BCUT2D eigenvalue weighted by Crippen LogP contribution is -2.27. The Kier molecular flexibility index (Phi) is 2.73. The Morgan fingerprint density at radius 3 is 2.50 bits per heavy atom. The summed E-state index contributed by atoms with van der Waals surface area (Å²) >= 11 is 0. The summed E-state index contributed by atoms with van der Waals surface area (Å²) in [4.78, 5) is 22.3. The summed E-state index contributed by atoms with van der Waals surface area (Å²) in [6.45, 7) is 1.73. The van der Waals surface area contributed by atoms with E-state index in [1.165, 1.54) is 12.1 Å². The van der Waals surface area contributed by atoms with E-state index in [1.807, 2.05) is 0 Å². The van der Waals surface area contributed by atoms with Crippen LogP contribution < -0.4 is 5.63 Å². The van der Waals surface area contributed by atoms with Crippen LogP contribution in [0, 0.1) is 6.92 Å². The molecule has 0 saturated carbocycles. The highest BCUT2D eigenvalue weighted by atomic mass is 19.4. The lowest BCUT2D eigenvalue weighted by molar-refractivity contribution is -0.0887. The fourth-order valence-corrected chi connectivity index (χ4v) is 1.55. The Balaban J connectivity index is 2.69. The van der Waals surface area contributed by atoms with Gasteiger partial charge in [0.2, 0.25) is 0 Å². The van der Waals surface area contributed by atoms with E-state index in [0.717, 1.165) is 11.6 Å². The number of carbonyl (C=O) groups is 1. The molecule has 2 rings (SSSR count). The summed E-state index contributed by atoms with van der Waals surface area (Å²) in [5.74, 6) is -2.19. The van der Waals surface area contributed by atoms with E-state index >= 15 is 0 Å². The Bertz CT molecular complexity index is 683. The van der Waals surface area contributed by atoms with E-state index in [-0.39, 0.29) is 11.0 Å². The van der Waals surface area contributed by atoms with Crippen LogP contribution in [0.2, 0.25) is 0 Å². The number of hydrogen-bond donors (Lipinski definition) is 0. The maximum Gasteiger partial charge on any atom is 0.455 e. The molecule has 18 heavy (non-hydrogen) atoms. The quantitative estimate of drug-likeness (QED) is 0.582. The molecule has 3 nitrogen and oxygen atoms in total. The molecular formula is C12H7F3O3. The van der Waals surface area contributed by atoms with Crippen molar-refractivity contribution < 1.29 is 22.4 Å². The third kappa shape index (κ3) is 2.13. The molecular weight excluding hydrogens is 249 g/mol. The average molecular weight is 256 g/mol. The first-order valence-electron chi connectivity index (χ1n) is 4.95. The number of halogens is 3. The minimum Gasteiger partial charge on any atom is -0.422 e. The summed E-state index contributed by atoms with van der Waals surface area (Å²) < 4.78 is 41.5. The van der Waals surface area contributed by atoms with Crippen LogP contribution in [-0.4, -0.2) is 12.0 Å². The number of alkyl halides is 3. The summed E-state index contributed by atoms with van der Waals surface area (Å²) in [5.41, 5.74) is -1.36. The van der Waals surface area contributed by atoms with E-state index in [1.54, 1.807) is 13.0 Å². The number of benzene rings is 1. The van der Waals surface area contributed by atoms with Crippen molar-refractivity contribution in [2.75, 3.05) is 0 Å². The molecule has 1 heterocycles. The molecule has 94 valence electrons. The van der Waals surface area contributed by atoms with Crippen LogP contribution >= 0.6 is 0 Å². The van der Waals surface area contributed by atoms with Gasteiger partial charge in [0.25, 0.3) is 5.78 Å². The zero-order valence-electron chi connectivity index (χ0n) is 9.17. The molecule has 0 aliphatic heterocycles. The Hall–Kier alpha value is -2.11. The van der Waals surface area contributed by atoms with E-state index < -0.39 is 23.1 Å². The van der Waals surface area contributed by atoms with Gasteiger partial charge in [0.1, 0.15) is 11.1 Å². The number of hydrogen-bond acceptors (Lipinski definition) is 3. The number of carbonyl (C=O) groups excluding carboxylic acids is 1. The van der Waals surface area contributed by atoms with Gasteiger partial charge in [0.15, 0.2) is 0 Å². The molecule has 1 aromatic heterocycles. The van der Waals surface area contributed by atoms with E-state index in [4.69, 9.17) is 0 Å². The number of aryl methyl sites for hydroxylation is 1. The fourth-order valence-electron chi connectivity index (χ4n) is 1.55. The lowest BCUT2D eigenvalue weighted by Gasteiger charge is -2.05. The first-order valence-corrected chi connectivity index (χ1v) is 4.95. The second-order valence-corrected chi connectivity index (χ2v) is 3.82. The molecule has 1 aromatic carbocycles. The van der Waals surface area contributed by atoms with Gasteiger partial charge in [-0.25, -0.2) is 4.79 Å². The summed E-state index contributed by atoms with van der Waals surface area (Å²) in [7, 11) is 0. The van der Waals surface area contributed by atoms with Gasteiger partial charge in [-0.2, -0.15) is 13.2 Å². The topological polar surface area (TPSA) is 47.3 Å². The zero-order valence-corrected chi connectivity index (χ0v) is 9.17. The van der Waals surface area contributed by atoms with Crippen LogP contribution in [0.5, 0.6) is 0 Å². The zero-order chi connectivity index (χ0) is 13.5. The van der Waals surface area contributed by atoms with E-state index in [9.17, 15) is 22.8 Å². The number of ketones is 1. The maximum absolute atomic E-state index is 12.3. The third-order valence-corrected chi connectivity index (χ3v) is 2.39. The van der Waals surface area contributed by atoms with Crippen LogP contribution in [0.3, 0.4) is 0 Å². The number of rotatable bonds is 1. The van der Waals surface area contributed by atoms with Crippen molar-refractivity contribution in [2.45, 2.75) is 13.1 Å². The molecule has 6 heteroatoms. The maximum atomic E-state index is 12.3. The van der Waals surface area contributed by atoms with Gasteiger partial charge < -0.3 is 4.42 Å². The van der Waals surface area contributed by atoms with Gasteiger partial charge in [-0.1, -0.05) is 11.6 Å². The normalized spacial score (nSPS) is 11.8. The van der Waals surface area contributed by atoms with Crippen LogP contribution in [0.4, 0.5) is 13.2 Å². The molecule has 0 aliphatic rings. The van der Waals surface area contributed by atoms with Gasteiger partial charge >= 0.3 is 11.8 Å². The lowest BCUT2D eigenvalue weighted by atomic mass is 10.1. The average Bonchev–Trinajstić information content (AvgIpc) is 2.26. The van der Waals surface area contributed by atoms with Crippen molar-refractivity contribution in [1.29, 1.82) is 0 Å². The first kappa shape index (κ1) is 12.3. The van der Waals surface area contributed by atoms with Crippen LogP contribution in [0.1, 0.15) is 15.9 Å². The second-order valence-electron chi connectivity index (χ2n) is 3.82. The SMILES string of the molecule is Cc1ccc2oc(=O)c(C(=O)C(F)(F)F)cc2c1. The van der Waals surface area contributed by atoms with Crippen molar-refractivity contribution in [1.82, 2.24) is 0 Å². The molecule has 0 unspecified atom stereocenters. The minimum absolute atomic E-state index is 0.143. The van der Waals surface area contributed by atoms with Crippen molar-refractivity contribution in [2.24, 2.45) is 0 Å². The second kappa shape index (κ2) is 3.97. The third-order valence-electron chi connectivity index (χ3n) is 2.39. The molecule has 0 N–H and O–H groups in total. The molecule has 2 aromatic rings. The Morgan fingerprint density at radius 1 is 1.22 bits per heavy atom. The standard InChI is InChI=1S/C12H7F3O3/c1-6-2-3-9-7(4-6)5-8(11(17)18-9)10(16)12(13,14)15/h2-5H,1H3. The number of Topliss-reactive ketones (excluding diaryl/α,β-unsaturated/α-hetero) is 1.